The maximum Gasteiger partial charge on any atom is 0.335 e. The fraction of sp³-hybridized carbons (Fsp3) is 0. The van der Waals surface area contributed by atoms with Crippen molar-refractivity contribution in [2.24, 2.45) is 0 Å². The molecule has 2 heterocycles. The molecule has 17 nitrogen and oxygen atoms in total. The van der Waals surface area contributed by atoms with Crippen molar-refractivity contribution in [3.63, 3.8) is 0 Å². The Morgan fingerprint density at radius 1 is 0.571 bits per heavy atom. The van der Waals surface area contributed by atoms with Gasteiger partial charge in [0, 0.05) is 0 Å². The second-order valence-electron chi connectivity index (χ2n) is 9.90. The highest BCUT2D eigenvalue weighted by atomic mass is 32.2. The molecule has 0 unspecified atom stereocenters. The summed E-state index contributed by atoms with van der Waals surface area (Å²) in [7, 11) is -9.46. The summed E-state index contributed by atoms with van der Waals surface area (Å²) < 4.78 is 71.2. The Kier molecular flexibility index (Phi) is 8.04. The van der Waals surface area contributed by atoms with Gasteiger partial charge in [0.05, 0.1) is 37.6 Å². The number of amides is 4. The number of imide groups is 2. The molecule has 248 valence electrons. The van der Waals surface area contributed by atoms with E-state index in [4.69, 9.17) is 18.4 Å². The third-order valence-corrected chi connectivity index (χ3v) is 9.30. The normalized spacial score (nSPS) is 14.1. The number of hydroxylamine groups is 4. The minimum absolute atomic E-state index is 0.00444. The number of ether oxygens (including phenoxy) is 2. The van der Waals surface area contributed by atoms with Crippen LogP contribution < -0.4 is 9.47 Å². The van der Waals surface area contributed by atoms with Crippen LogP contribution >= 0.6 is 0 Å². The number of benzene rings is 4. The van der Waals surface area contributed by atoms with E-state index in [0.717, 1.165) is 48.5 Å². The number of aromatic carboxylic acids is 1. The van der Waals surface area contributed by atoms with Crippen LogP contribution in [0.4, 0.5) is 0 Å². The van der Waals surface area contributed by atoms with Crippen molar-refractivity contribution in [2.45, 2.75) is 9.79 Å². The van der Waals surface area contributed by atoms with Gasteiger partial charge in [0.2, 0.25) is 0 Å². The molecule has 6 rings (SSSR count). The van der Waals surface area contributed by atoms with E-state index in [1.165, 1.54) is 36.4 Å². The van der Waals surface area contributed by atoms with Crippen LogP contribution in [0.1, 0.15) is 51.8 Å². The first-order chi connectivity index (χ1) is 23.2. The zero-order valence-corrected chi connectivity index (χ0v) is 25.7. The van der Waals surface area contributed by atoms with Gasteiger partial charge in [-0.3, -0.25) is 24.0 Å². The molecule has 2 aliphatic heterocycles. The van der Waals surface area contributed by atoms with Gasteiger partial charge in [-0.05, 0) is 84.9 Å². The largest absolute Gasteiger partial charge is 0.478 e. The van der Waals surface area contributed by atoms with Gasteiger partial charge in [-0.25, -0.2) is 4.79 Å². The summed E-state index contributed by atoms with van der Waals surface area (Å²) in [5.41, 5.74) is -1.31. The minimum atomic E-state index is -4.75. The molecule has 49 heavy (non-hydrogen) atoms. The van der Waals surface area contributed by atoms with Crippen LogP contribution in [0.25, 0.3) is 0 Å². The smallest absolute Gasteiger partial charge is 0.335 e. The van der Waals surface area contributed by atoms with Crippen molar-refractivity contribution < 1.29 is 68.8 Å². The monoisotopic (exact) mass is 708 g/mol. The molecule has 0 fully saturated rings. The quantitative estimate of drug-likeness (QED) is 0.174. The van der Waals surface area contributed by atoms with Crippen molar-refractivity contribution in [2.75, 3.05) is 0 Å². The van der Waals surface area contributed by atoms with Gasteiger partial charge in [-0.2, -0.15) is 16.8 Å². The van der Waals surface area contributed by atoms with Gasteiger partial charge in [-0.15, -0.1) is 18.7 Å². The summed E-state index contributed by atoms with van der Waals surface area (Å²) in [6, 6.07) is 15.5. The maximum atomic E-state index is 12.9. The molecule has 0 radical (unpaired) electrons. The number of carboxylic acid groups (broad SMARTS) is 1. The second-order valence-corrected chi connectivity index (χ2v) is 13.0. The molecule has 2 aliphatic rings. The average molecular weight is 709 g/mol. The van der Waals surface area contributed by atoms with E-state index in [2.05, 4.69) is 4.74 Å². The molecule has 4 aromatic rings. The Labute approximate surface area is 274 Å². The first-order valence-corrected chi connectivity index (χ1v) is 16.2. The summed E-state index contributed by atoms with van der Waals surface area (Å²) in [6.45, 7) is 0.107. The Morgan fingerprint density at radius 2 is 0.980 bits per heavy atom. The van der Waals surface area contributed by atoms with E-state index in [-0.39, 0.29) is 61.7 Å². The van der Waals surface area contributed by atoms with Gasteiger partial charge in [-0.1, -0.05) is 0 Å². The number of hydrogen-bond acceptors (Lipinski definition) is 14. The van der Waals surface area contributed by atoms with Crippen molar-refractivity contribution in [1.82, 2.24) is 10.1 Å². The lowest BCUT2D eigenvalue weighted by molar-refractivity contribution is -0.120. The Bertz CT molecular complexity index is 2340. The third kappa shape index (κ3) is 6.00. The lowest BCUT2D eigenvalue weighted by Gasteiger charge is -2.14. The number of hydrogen-bond donors (Lipinski definition) is 1. The van der Waals surface area contributed by atoms with Crippen LogP contribution in [0.5, 0.6) is 17.2 Å². The first-order valence-electron chi connectivity index (χ1n) is 13.4. The summed E-state index contributed by atoms with van der Waals surface area (Å²) in [5, 5.41) is 9.19. The highest BCUT2D eigenvalue weighted by Crippen LogP contribution is 2.31. The zero-order chi connectivity index (χ0) is 35.2. The van der Waals surface area contributed by atoms with Crippen molar-refractivity contribution in [3.05, 3.63) is 113 Å². The van der Waals surface area contributed by atoms with Gasteiger partial charge in [0.1, 0.15) is 17.2 Å². The van der Waals surface area contributed by atoms with E-state index in [1.807, 2.05) is 0 Å². The van der Waals surface area contributed by atoms with Crippen LogP contribution in [0.3, 0.4) is 0 Å². The van der Waals surface area contributed by atoms with E-state index < -0.39 is 59.6 Å². The highest BCUT2D eigenvalue weighted by Gasteiger charge is 2.42. The van der Waals surface area contributed by atoms with Gasteiger partial charge in [0.15, 0.2) is 0 Å². The van der Waals surface area contributed by atoms with Crippen LogP contribution in [0.15, 0.2) is 94.7 Å². The number of carbonyl (C=O) groups excluding carboxylic acids is 5. The van der Waals surface area contributed by atoms with Crippen LogP contribution in [0, 0.1) is 0 Å². The summed E-state index contributed by atoms with van der Waals surface area (Å²) >= 11 is 0. The topological polar surface area (TPSA) is 234 Å². The number of fused-ring (bicyclic) bond motifs is 2. The predicted molar refractivity (Wildman–Crippen MR) is 157 cm³/mol. The van der Waals surface area contributed by atoms with Crippen molar-refractivity contribution in [3.8, 4) is 17.2 Å². The molecular formula is C30H16N2O15S2. The first kappa shape index (κ1) is 32.7. The highest BCUT2D eigenvalue weighted by molar-refractivity contribution is 7.87. The van der Waals surface area contributed by atoms with Crippen LogP contribution in [-0.4, -0.2) is 68.1 Å². The standard InChI is InChI=1S/C30H16N2O15S2/c33-15-44-19-6-12-23-25(14-19)29(37)32(27(23)35)47-49(42,43)21-9-4-18(5-10-21)45-17-2-7-20(8-3-17)48(40,41)46-31-26(34)22-11-1-16(30(38)39)13-24(22)28(31)36/h1-15H,(H,38,39). The Balaban J connectivity index is 1.10. The van der Waals surface area contributed by atoms with Crippen LogP contribution in [0.2, 0.25) is 0 Å². The Hall–Kier alpha value is -6.28. The molecule has 1 N–H and O–H groups in total. The molecule has 0 saturated heterocycles. The van der Waals surface area contributed by atoms with Crippen molar-refractivity contribution >= 4 is 56.3 Å². The third-order valence-electron chi connectivity index (χ3n) is 6.91. The molecule has 4 aromatic carbocycles. The molecule has 0 spiro atoms. The Morgan fingerprint density at radius 3 is 1.43 bits per heavy atom. The van der Waals surface area contributed by atoms with Crippen molar-refractivity contribution in [1.29, 1.82) is 0 Å². The fourth-order valence-corrected chi connectivity index (χ4v) is 6.36. The lowest BCUT2D eigenvalue weighted by Crippen LogP contribution is -2.32. The fourth-order valence-electron chi connectivity index (χ4n) is 4.58. The summed E-state index contributed by atoms with van der Waals surface area (Å²) in [4.78, 5) is 71.3. The lowest BCUT2D eigenvalue weighted by atomic mass is 10.1. The van der Waals surface area contributed by atoms with E-state index in [0.29, 0.717) is 0 Å². The predicted octanol–water partition coefficient (Wildman–Crippen LogP) is 2.55. The number of carboxylic acids is 1. The maximum absolute atomic E-state index is 12.9. The molecule has 4 amide bonds. The molecule has 0 aromatic heterocycles. The average Bonchev–Trinajstić information content (AvgIpc) is 3.44. The van der Waals surface area contributed by atoms with Gasteiger partial charge < -0.3 is 14.6 Å². The molecular weight excluding hydrogens is 692 g/mol. The summed E-state index contributed by atoms with van der Waals surface area (Å²) in [5.74, 6) is -5.73. The van der Waals surface area contributed by atoms with E-state index in [9.17, 15) is 45.6 Å². The molecule has 0 aliphatic carbocycles. The molecule has 0 saturated carbocycles. The molecule has 0 bridgehead atoms. The second kappa shape index (κ2) is 12.1. The molecule has 19 heteroatoms. The number of rotatable bonds is 11. The van der Waals surface area contributed by atoms with Gasteiger partial charge in [0.25, 0.3) is 30.1 Å². The van der Waals surface area contributed by atoms with E-state index in [1.54, 1.807) is 0 Å². The van der Waals surface area contributed by atoms with E-state index >= 15 is 0 Å². The molecule has 0 atom stereocenters. The SMILES string of the molecule is O=COc1ccc2c(c1)C(=O)N(OS(=O)(=O)c1ccc(Oc3ccc(S(=O)(=O)ON4C(=O)c5ccc(C(=O)O)cc5C4=O)cc3)cc1)C2=O. The van der Waals surface area contributed by atoms with Gasteiger partial charge >= 0.3 is 26.2 Å². The zero-order valence-electron chi connectivity index (χ0n) is 24.0. The minimum Gasteiger partial charge on any atom is -0.478 e. The van der Waals surface area contributed by atoms with Crippen LogP contribution in [-0.2, 0) is 33.6 Å². The summed E-state index contributed by atoms with van der Waals surface area (Å²) in [6.07, 6.45) is 0. The number of carbonyl (C=O) groups is 6. The number of nitrogens with zero attached hydrogens (tertiary/aromatic N) is 2.